The first kappa shape index (κ1) is 23.0. The van der Waals surface area contributed by atoms with E-state index in [1.807, 2.05) is 6.92 Å². The van der Waals surface area contributed by atoms with Crippen molar-refractivity contribution in [2.45, 2.75) is 43.9 Å². The molecule has 1 aliphatic heterocycles. The molecule has 3 rings (SSSR count). The molecule has 2 aromatic carbocycles. The molecule has 31 heavy (non-hydrogen) atoms. The average Bonchev–Trinajstić information content (AvgIpc) is 3.33. The van der Waals surface area contributed by atoms with Gasteiger partial charge in [0.15, 0.2) is 0 Å². The van der Waals surface area contributed by atoms with Crippen molar-refractivity contribution in [3.8, 4) is 0 Å². The number of hydrogen-bond donors (Lipinski definition) is 2. The molecule has 0 aliphatic carbocycles. The Balaban J connectivity index is 1.50. The van der Waals surface area contributed by atoms with Crippen molar-refractivity contribution >= 4 is 27.5 Å². The number of anilines is 1. The van der Waals surface area contributed by atoms with Crippen molar-refractivity contribution in [2.24, 2.45) is 0 Å². The zero-order valence-corrected chi connectivity index (χ0v) is 18.6. The van der Waals surface area contributed by atoms with Crippen LogP contribution in [-0.2, 0) is 21.2 Å². The number of rotatable bonds is 9. The van der Waals surface area contributed by atoms with Gasteiger partial charge in [-0.3, -0.25) is 9.59 Å². The molecule has 0 atom stereocenters. The SMILES string of the molecule is CCCNC(=O)c1ccc(NC(=O)CCc2ccc(S(=O)(=O)N3CCCC3)cc2)cc1. The van der Waals surface area contributed by atoms with E-state index in [-0.39, 0.29) is 18.2 Å². The van der Waals surface area contributed by atoms with Crippen LogP contribution in [0.2, 0.25) is 0 Å². The van der Waals surface area contributed by atoms with Gasteiger partial charge in [0, 0.05) is 37.3 Å². The molecule has 0 unspecified atom stereocenters. The van der Waals surface area contributed by atoms with Crippen LogP contribution in [0.1, 0.15) is 48.5 Å². The zero-order chi connectivity index (χ0) is 22.3. The van der Waals surface area contributed by atoms with Gasteiger partial charge in [0.2, 0.25) is 15.9 Å². The minimum Gasteiger partial charge on any atom is -0.352 e. The molecule has 1 aliphatic rings. The molecule has 166 valence electrons. The van der Waals surface area contributed by atoms with Crippen molar-refractivity contribution < 1.29 is 18.0 Å². The number of carbonyl (C=O) groups excluding carboxylic acids is 2. The van der Waals surface area contributed by atoms with Gasteiger partial charge in [-0.15, -0.1) is 0 Å². The molecule has 1 saturated heterocycles. The highest BCUT2D eigenvalue weighted by molar-refractivity contribution is 7.89. The predicted molar refractivity (Wildman–Crippen MR) is 120 cm³/mol. The van der Waals surface area contributed by atoms with Crippen LogP contribution >= 0.6 is 0 Å². The summed E-state index contributed by atoms with van der Waals surface area (Å²) < 4.78 is 26.7. The lowest BCUT2D eigenvalue weighted by Crippen LogP contribution is -2.27. The highest BCUT2D eigenvalue weighted by Gasteiger charge is 2.26. The summed E-state index contributed by atoms with van der Waals surface area (Å²) >= 11 is 0. The second-order valence-electron chi connectivity index (χ2n) is 7.64. The summed E-state index contributed by atoms with van der Waals surface area (Å²) in [6.45, 7) is 3.77. The number of amides is 2. The quantitative estimate of drug-likeness (QED) is 0.622. The molecule has 0 aromatic heterocycles. The van der Waals surface area contributed by atoms with E-state index < -0.39 is 10.0 Å². The van der Waals surface area contributed by atoms with Crippen LogP contribution in [0.15, 0.2) is 53.4 Å². The highest BCUT2D eigenvalue weighted by atomic mass is 32.2. The molecule has 1 fully saturated rings. The minimum absolute atomic E-state index is 0.130. The lowest BCUT2D eigenvalue weighted by molar-refractivity contribution is -0.116. The summed E-state index contributed by atoms with van der Waals surface area (Å²) in [6.07, 6.45) is 3.46. The van der Waals surface area contributed by atoms with E-state index in [1.54, 1.807) is 48.5 Å². The second-order valence-corrected chi connectivity index (χ2v) is 9.57. The number of nitrogens with one attached hydrogen (secondary N) is 2. The van der Waals surface area contributed by atoms with E-state index in [2.05, 4.69) is 10.6 Å². The normalized spacial score (nSPS) is 14.4. The van der Waals surface area contributed by atoms with Crippen molar-refractivity contribution in [1.82, 2.24) is 9.62 Å². The van der Waals surface area contributed by atoms with Crippen LogP contribution in [0.3, 0.4) is 0 Å². The largest absolute Gasteiger partial charge is 0.352 e. The predicted octanol–water partition coefficient (Wildman–Crippen LogP) is 3.18. The van der Waals surface area contributed by atoms with Gasteiger partial charge in [0.25, 0.3) is 5.91 Å². The lowest BCUT2D eigenvalue weighted by atomic mass is 10.1. The van der Waals surface area contributed by atoms with E-state index in [1.165, 1.54) is 4.31 Å². The first-order chi connectivity index (χ1) is 14.9. The molecule has 1 heterocycles. The Morgan fingerprint density at radius 1 is 0.968 bits per heavy atom. The standard InChI is InChI=1S/C23H29N3O4S/c1-2-15-24-23(28)19-8-10-20(11-9-19)25-22(27)14-7-18-5-12-21(13-6-18)31(29,30)26-16-3-4-17-26/h5-6,8-13H,2-4,7,14-17H2,1H3,(H,24,28)(H,25,27). The molecule has 0 bridgehead atoms. The smallest absolute Gasteiger partial charge is 0.251 e. The fourth-order valence-corrected chi connectivity index (χ4v) is 4.95. The van der Waals surface area contributed by atoms with Gasteiger partial charge in [-0.05, 0) is 67.6 Å². The maximum Gasteiger partial charge on any atom is 0.251 e. The third-order valence-corrected chi connectivity index (χ3v) is 7.15. The lowest BCUT2D eigenvalue weighted by Gasteiger charge is -2.15. The molecule has 0 radical (unpaired) electrons. The second kappa shape index (κ2) is 10.5. The van der Waals surface area contributed by atoms with E-state index >= 15 is 0 Å². The minimum atomic E-state index is -3.42. The Bertz CT molecular complexity index is 996. The first-order valence-corrected chi connectivity index (χ1v) is 12.1. The summed E-state index contributed by atoms with van der Waals surface area (Å²) in [6, 6.07) is 13.5. The zero-order valence-electron chi connectivity index (χ0n) is 17.8. The molecule has 2 N–H and O–H groups in total. The molecule has 2 amide bonds. The average molecular weight is 444 g/mol. The third kappa shape index (κ3) is 6.15. The summed E-state index contributed by atoms with van der Waals surface area (Å²) in [5, 5.41) is 5.63. The van der Waals surface area contributed by atoms with Gasteiger partial charge >= 0.3 is 0 Å². The fraction of sp³-hybridized carbons (Fsp3) is 0.391. The number of sulfonamides is 1. The van der Waals surface area contributed by atoms with Gasteiger partial charge in [-0.1, -0.05) is 19.1 Å². The maximum absolute atomic E-state index is 12.6. The molecule has 7 nitrogen and oxygen atoms in total. The van der Waals surface area contributed by atoms with Crippen molar-refractivity contribution in [2.75, 3.05) is 25.0 Å². The van der Waals surface area contributed by atoms with Gasteiger partial charge in [-0.25, -0.2) is 8.42 Å². The first-order valence-electron chi connectivity index (χ1n) is 10.7. The van der Waals surface area contributed by atoms with E-state index in [9.17, 15) is 18.0 Å². The van der Waals surface area contributed by atoms with E-state index in [0.717, 1.165) is 24.8 Å². The van der Waals surface area contributed by atoms with Crippen LogP contribution in [-0.4, -0.2) is 44.2 Å². The monoisotopic (exact) mass is 443 g/mol. The molecule has 0 saturated carbocycles. The molecular weight excluding hydrogens is 414 g/mol. The van der Waals surface area contributed by atoms with Crippen LogP contribution in [0, 0.1) is 0 Å². The Hall–Kier alpha value is -2.71. The van der Waals surface area contributed by atoms with Crippen LogP contribution in [0.25, 0.3) is 0 Å². The number of aryl methyl sites for hydroxylation is 1. The highest BCUT2D eigenvalue weighted by Crippen LogP contribution is 2.21. The van der Waals surface area contributed by atoms with E-state index in [4.69, 9.17) is 0 Å². The number of hydrogen-bond acceptors (Lipinski definition) is 4. The van der Waals surface area contributed by atoms with Crippen LogP contribution in [0.5, 0.6) is 0 Å². The van der Waals surface area contributed by atoms with Gasteiger partial charge in [0.1, 0.15) is 0 Å². The van der Waals surface area contributed by atoms with Crippen LogP contribution in [0.4, 0.5) is 5.69 Å². The Labute approximate surface area is 183 Å². The van der Waals surface area contributed by atoms with Gasteiger partial charge in [0.05, 0.1) is 4.90 Å². The van der Waals surface area contributed by atoms with E-state index in [0.29, 0.717) is 42.2 Å². The van der Waals surface area contributed by atoms with Crippen LogP contribution < -0.4 is 10.6 Å². The molecule has 8 heteroatoms. The Morgan fingerprint density at radius 3 is 2.23 bits per heavy atom. The molecular formula is C23H29N3O4S. The maximum atomic E-state index is 12.6. The summed E-state index contributed by atoms with van der Waals surface area (Å²) in [4.78, 5) is 24.5. The number of nitrogens with zero attached hydrogens (tertiary/aromatic N) is 1. The topological polar surface area (TPSA) is 95.6 Å². The van der Waals surface area contributed by atoms with Gasteiger partial charge in [-0.2, -0.15) is 4.31 Å². The Morgan fingerprint density at radius 2 is 1.61 bits per heavy atom. The Kier molecular flexibility index (Phi) is 7.81. The molecule has 0 spiro atoms. The number of carbonyl (C=O) groups is 2. The third-order valence-electron chi connectivity index (χ3n) is 5.23. The van der Waals surface area contributed by atoms with Crippen molar-refractivity contribution in [3.05, 3.63) is 59.7 Å². The summed E-state index contributed by atoms with van der Waals surface area (Å²) in [7, 11) is -3.42. The molecule has 2 aromatic rings. The number of benzene rings is 2. The van der Waals surface area contributed by atoms with Crippen molar-refractivity contribution in [1.29, 1.82) is 0 Å². The summed E-state index contributed by atoms with van der Waals surface area (Å²) in [5.74, 6) is -0.271. The van der Waals surface area contributed by atoms with Gasteiger partial charge < -0.3 is 10.6 Å². The fourth-order valence-electron chi connectivity index (χ4n) is 3.43. The van der Waals surface area contributed by atoms with Crippen molar-refractivity contribution in [3.63, 3.8) is 0 Å². The summed E-state index contributed by atoms with van der Waals surface area (Å²) in [5.41, 5.74) is 2.08.